The number of hydrogen-bond acceptors (Lipinski definition) is 2. The monoisotopic (exact) mass is 248 g/mol. The van der Waals surface area contributed by atoms with E-state index in [9.17, 15) is 0 Å². The van der Waals surface area contributed by atoms with E-state index in [1.54, 1.807) is 12.1 Å². The van der Waals surface area contributed by atoms with Crippen LogP contribution in [0.15, 0.2) is 18.2 Å². The van der Waals surface area contributed by atoms with Crippen LogP contribution in [-0.4, -0.2) is 5.17 Å². The van der Waals surface area contributed by atoms with Crippen LogP contribution in [0.3, 0.4) is 0 Å². The first-order chi connectivity index (χ1) is 6.50. The fourth-order valence-electron chi connectivity index (χ4n) is 1.02. The predicted molar refractivity (Wildman–Crippen MR) is 64.4 cm³/mol. The van der Waals surface area contributed by atoms with Gasteiger partial charge in [-0.3, -0.25) is 5.41 Å². The third-order valence-electron chi connectivity index (χ3n) is 1.72. The largest absolute Gasteiger partial charge is 0.379 e. The highest BCUT2D eigenvalue weighted by Gasteiger charge is 2.09. The molecular weight excluding hydrogens is 239 g/mol. The van der Waals surface area contributed by atoms with Gasteiger partial charge in [-0.25, -0.2) is 0 Å². The highest BCUT2D eigenvalue weighted by molar-refractivity contribution is 8.13. The van der Waals surface area contributed by atoms with Gasteiger partial charge in [0.25, 0.3) is 0 Å². The van der Waals surface area contributed by atoms with E-state index >= 15 is 0 Å². The second-order valence-corrected chi connectivity index (χ2v) is 4.99. The molecule has 0 saturated heterocycles. The van der Waals surface area contributed by atoms with Gasteiger partial charge in [0.1, 0.15) is 0 Å². The maximum atomic E-state index is 7.15. The van der Waals surface area contributed by atoms with Crippen molar-refractivity contribution in [2.75, 3.05) is 0 Å². The maximum absolute atomic E-state index is 7.15. The molecule has 1 atom stereocenters. The molecule has 0 bridgehead atoms. The molecule has 0 fully saturated rings. The van der Waals surface area contributed by atoms with Crippen molar-refractivity contribution in [1.82, 2.24) is 0 Å². The molecule has 0 amide bonds. The van der Waals surface area contributed by atoms with Crippen molar-refractivity contribution < 1.29 is 0 Å². The Morgan fingerprint density at radius 1 is 1.43 bits per heavy atom. The van der Waals surface area contributed by atoms with E-state index in [-0.39, 0.29) is 10.4 Å². The highest BCUT2D eigenvalue weighted by atomic mass is 35.5. The SMILES string of the molecule is CC(SC(=N)N)c1ccc(Cl)c(Cl)c1. The second kappa shape index (κ2) is 4.91. The standard InChI is InChI=1S/C9H10Cl2N2S/c1-5(14-9(12)13)6-2-3-7(10)8(11)4-6/h2-5H,1H3,(H3,12,13). The maximum Gasteiger partial charge on any atom is 0.151 e. The van der Waals surface area contributed by atoms with Crippen LogP contribution in [0, 0.1) is 5.41 Å². The van der Waals surface area contributed by atoms with E-state index in [4.69, 9.17) is 34.3 Å². The lowest BCUT2D eigenvalue weighted by Crippen LogP contribution is -2.06. The van der Waals surface area contributed by atoms with Crippen molar-refractivity contribution in [2.24, 2.45) is 5.73 Å². The minimum atomic E-state index is 0.101. The van der Waals surface area contributed by atoms with Crippen LogP contribution in [-0.2, 0) is 0 Å². The molecule has 0 radical (unpaired) electrons. The molecule has 0 spiro atoms. The van der Waals surface area contributed by atoms with Gasteiger partial charge in [0.05, 0.1) is 10.0 Å². The van der Waals surface area contributed by atoms with Gasteiger partial charge >= 0.3 is 0 Å². The summed E-state index contributed by atoms with van der Waals surface area (Å²) in [7, 11) is 0. The van der Waals surface area contributed by atoms with Crippen molar-refractivity contribution in [2.45, 2.75) is 12.2 Å². The molecule has 0 saturated carbocycles. The Kier molecular flexibility index (Phi) is 4.11. The van der Waals surface area contributed by atoms with E-state index in [0.717, 1.165) is 5.56 Å². The topological polar surface area (TPSA) is 49.9 Å². The molecule has 76 valence electrons. The van der Waals surface area contributed by atoms with Crippen LogP contribution in [0.5, 0.6) is 0 Å². The molecular formula is C9H10Cl2N2S. The summed E-state index contributed by atoms with van der Waals surface area (Å²) in [5.41, 5.74) is 6.30. The number of thioether (sulfide) groups is 1. The lowest BCUT2D eigenvalue weighted by molar-refractivity contribution is 1.11. The molecule has 1 aromatic rings. The molecule has 1 aromatic carbocycles. The number of halogens is 2. The number of hydrogen-bond donors (Lipinski definition) is 2. The number of nitrogens with two attached hydrogens (primary N) is 1. The summed E-state index contributed by atoms with van der Waals surface area (Å²) in [6, 6.07) is 5.43. The van der Waals surface area contributed by atoms with Gasteiger partial charge in [-0.05, 0) is 24.6 Å². The fourth-order valence-corrected chi connectivity index (χ4v) is 1.99. The first kappa shape index (κ1) is 11.7. The Morgan fingerprint density at radius 2 is 2.07 bits per heavy atom. The molecule has 0 aliphatic heterocycles. The Bertz CT molecular complexity index is 355. The normalized spacial score (nSPS) is 12.5. The van der Waals surface area contributed by atoms with Crippen molar-refractivity contribution >= 4 is 40.1 Å². The molecule has 0 aromatic heterocycles. The van der Waals surface area contributed by atoms with Crippen LogP contribution < -0.4 is 5.73 Å². The Labute approximate surface area is 97.3 Å². The number of rotatable bonds is 2. The van der Waals surface area contributed by atoms with Gasteiger partial charge in [0.2, 0.25) is 0 Å². The summed E-state index contributed by atoms with van der Waals surface area (Å²) in [6.07, 6.45) is 0. The zero-order valence-corrected chi connectivity index (χ0v) is 9.88. The molecule has 1 unspecified atom stereocenters. The van der Waals surface area contributed by atoms with Gasteiger partial charge in [-0.15, -0.1) is 0 Å². The first-order valence-corrected chi connectivity index (χ1v) is 5.60. The summed E-state index contributed by atoms with van der Waals surface area (Å²) >= 11 is 12.9. The quantitative estimate of drug-likeness (QED) is 0.620. The van der Waals surface area contributed by atoms with E-state index in [1.165, 1.54) is 11.8 Å². The predicted octanol–water partition coefficient (Wildman–Crippen LogP) is 3.68. The van der Waals surface area contributed by atoms with Crippen LogP contribution in [0.1, 0.15) is 17.7 Å². The number of nitrogens with one attached hydrogen (secondary N) is 1. The Balaban J connectivity index is 2.85. The number of amidine groups is 1. The zero-order valence-electron chi connectivity index (χ0n) is 7.55. The van der Waals surface area contributed by atoms with Crippen LogP contribution in [0.2, 0.25) is 10.0 Å². The Hall–Kier alpha value is -0.380. The second-order valence-electron chi connectivity index (χ2n) is 2.80. The van der Waals surface area contributed by atoms with Crippen molar-refractivity contribution in [3.05, 3.63) is 33.8 Å². The molecule has 0 aliphatic carbocycles. The summed E-state index contributed by atoms with van der Waals surface area (Å²) in [5.74, 6) is 0. The summed E-state index contributed by atoms with van der Waals surface area (Å²) < 4.78 is 0. The smallest absolute Gasteiger partial charge is 0.151 e. The first-order valence-electron chi connectivity index (χ1n) is 3.96. The lowest BCUT2D eigenvalue weighted by Gasteiger charge is -2.10. The van der Waals surface area contributed by atoms with Crippen molar-refractivity contribution in [1.29, 1.82) is 5.41 Å². The van der Waals surface area contributed by atoms with Crippen LogP contribution in [0.25, 0.3) is 0 Å². The minimum Gasteiger partial charge on any atom is -0.379 e. The van der Waals surface area contributed by atoms with Gasteiger partial charge < -0.3 is 5.73 Å². The molecule has 2 nitrogen and oxygen atoms in total. The van der Waals surface area contributed by atoms with E-state index in [1.807, 2.05) is 13.0 Å². The van der Waals surface area contributed by atoms with Crippen LogP contribution >= 0.6 is 35.0 Å². The molecule has 0 aliphatic rings. The zero-order chi connectivity index (χ0) is 10.7. The minimum absolute atomic E-state index is 0.101. The van der Waals surface area contributed by atoms with Crippen LogP contribution in [0.4, 0.5) is 0 Å². The van der Waals surface area contributed by atoms with E-state index in [0.29, 0.717) is 10.0 Å². The highest BCUT2D eigenvalue weighted by Crippen LogP contribution is 2.31. The van der Waals surface area contributed by atoms with E-state index in [2.05, 4.69) is 0 Å². The third kappa shape index (κ3) is 3.08. The molecule has 14 heavy (non-hydrogen) atoms. The molecule has 5 heteroatoms. The van der Waals surface area contributed by atoms with Gasteiger partial charge in [-0.2, -0.15) is 0 Å². The lowest BCUT2D eigenvalue weighted by atomic mass is 10.2. The average Bonchev–Trinajstić information content (AvgIpc) is 2.08. The van der Waals surface area contributed by atoms with Gasteiger partial charge in [-0.1, -0.05) is 41.0 Å². The molecule has 3 N–H and O–H groups in total. The summed E-state index contributed by atoms with van der Waals surface area (Å²) in [6.45, 7) is 1.96. The summed E-state index contributed by atoms with van der Waals surface area (Å²) in [4.78, 5) is 0. The van der Waals surface area contributed by atoms with Gasteiger partial charge in [0, 0.05) is 5.25 Å². The Morgan fingerprint density at radius 3 is 2.57 bits per heavy atom. The van der Waals surface area contributed by atoms with E-state index < -0.39 is 0 Å². The fraction of sp³-hybridized carbons (Fsp3) is 0.222. The van der Waals surface area contributed by atoms with Gasteiger partial charge in [0.15, 0.2) is 5.17 Å². The third-order valence-corrected chi connectivity index (χ3v) is 3.34. The molecule has 1 rings (SSSR count). The summed E-state index contributed by atoms with van der Waals surface area (Å²) in [5, 5.41) is 8.43. The number of benzene rings is 1. The average molecular weight is 249 g/mol. The van der Waals surface area contributed by atoms with Crippen molar-refractivity contribution in [3.63, 3.8) is 0 Å². The van der Waals surface area contributed by atoms with Crippen molar-refractivity contribution in [3.8, 4) is 0 Å². The molecule has 0 heterocycles.